The number of benzene rings is 4. The molecule has 256 valence electrons. The van der Waals surface area contributed by atoms with E-state index in [0.717, 1.165) is 25.0 Å². The van der Waals surface area contributed by atoms with Gasteiger partial charge in [0.1, 0.15) is 40.7 Å². The third-order valence-corrected chi connectivity index (χ3v) is 7.27. The fourth-order valence-electron chi connectivity index (χ4n) is 4.94. The van der Waals surface area contributed by atoms with Crippen molar-refractivity contribution in [3.8, 4) is 33.8 Å². The molecule has 1 aliphatic rings. The van der Waals surface area contributed by atoms with Gasteiger partial charge in [-0.05, 0) is 53.9 Å². The lowest BCUT2D eigenvalue weighted by Gasteiger charge is -2.29. The summed E-state index contributed by atoms with van der Waals surface area (Å²) in [5.74, 6) is -8.85. The quantitative estimate of drug-likeness (QED) is 0.110. The highest BCUT2D eigenvalue weighted by atomic mass is 19.3. The largest absolute Gasteiger partial charge is 0.432 e. The molecular formula is C34H27F9O5. The van der Waals surface area contributed by atoms with E-state index in [-0.39, 0.29) is 42.1 Å². The second-order valence-electron chi connectivity index (χ2n) is 10.7. The molecule has 0 radical (unpaired) electrons. The first-order valence-electron chi connectivity index (χ1n) is 14.6. The van der Waals surface area contributed by atoms with E-state index in [4.69, 9.17) is 14.2 Å². The van der Waals surface area contributed by atoms with Gasteiger partial charge in [0.25, 0.3) is 0 Å². The Bertz CT molecular complexity index is 1720. The van der Waals surface area contributed by atoms with E-state index < -0.39 is 70.7 Å². The van der Waals surface area contributed by atoms with Gasteiger partial charge in [-0.25, -0.2) is 22.0 Å². The van der Waals surface area contributed by atoms with Gasteiger partial charge in [0.2, 0.25) is 0 Å². The number of hydrogen-bond acceptors (Lipinski definition) is 5. The topological polar surface area (TPSA) is 46.2 Å². The second-order valence-corrected chi connectivity index (χ2v) is 10.7. The van der Waals surface area contributed by atoms with Gasteiger partial charge in [0, 0.05) is 29.4 Å². The minimum absolute atomic E-state index is 0.00415. The molecular weight excluding hydrogens is 659 g/mol. The van der Waals surface area contributed by atoms with Crippen LogP contribution in [0.25, 0.3) is 22.3 Å². The lowest BCUT2D eigenvalue weighted by molar-refractivity contribution is -0.230. The average molecular weight is 687 g/mol. The highest BCUT2D eigenvalue weighted by Gasteiger charge is 2.41. The summed E-state index contributed by atoms with van der Waals surface area (Å²) >= 11 is 0. The summed E-state index contributed by atoms with van der Waals surface area (Å²) in [5.41, 5.74) is -2.27. The number of rotatable bonds is 12. The number of halogens is 9. The Morgan fingerprint density at radius 3 is 1.98 bits per heavy atom. The summed E-state index contributed by atoms with van der Waals surface area (Å²) in [4.78, 5) is 0. The third kappa shape index (κ3) is 8.05. The summed E-state index contributed by atoms with van der Waals surface area (Å²) in [6.45, 7) is -0.274. The molecule has 5 nitrogen and oxygen atoms in total. The van der Waals surface area contributed by atoms with Gasteiger partial charge in [-0.2, -0.15) is 17.6 Å². The molecule has 0 aromatic heterocycles. The summed E-state index contributed by atoms with van der Waals surface area (Å²) in [6.07, 6.45) is -3.91. The molecule has 1 aliphatic heterocycles. The van der Waals surface area contributed by atoms with E-state index in [0.29, 0.717) is 36.4 Å². The molecule has 0 aliphatic carbocycles. The van der Waals surface area contributed by atoms with Gasteiger partial charge in [-0.3, -0.25) is 0 Å². The molecule has 1 heterocycles. The molecule has 0 atom stereocenters. The zero-order valence-electron chi connectivity index (χ0n) is 25.1. The summed E-state index contributed by atoms with van der Waals surface area (Å²) < 4.78 is 154. The fourth-order valence-corrected chi connectivity index (χ4v) is 4.94. The monoisotopic (exact) mass is 686 g/mol. The van der Waals surface area contributed by atoms with Crippen LogP contribution in [-0.2, 0) is 20.3 Å². The molecule has 5 rings (SSSR count). The van der Waals surface area contributed by atoms with Crippen LogP contribution in [0.1, 0.15) is 37.2 Å². The molecule has 48 heavy (non-hydrogen) atoms. The van der Waals surface area contributed by atoms with Crippen molar-refractivity contribution in [1.29, 1.82) is 0 Å². The highest BCUT2D eigenvalue weighted by molar-refractivity contribution is 5.72. The SMILES string of the molecule is CCCCOC1COC(c2ccc(-c3ccc(-c4cc(F)c(C(F)(F)Oc5ccc(OC(F)F)c(F)c5)c(F)c4)c(F)c3)c(F)c2)OC1. The van der Waals surface area contributed by atoms with Crippen molar-refractivity contribution in [1.82, 2.24) is 0 Å². The summed E-state index contributed by atoms with van der Waals surface area (Å²) in [6, 6.07) is 9.72. The van der Waals surface area contributed by atoms with E-state index in [9.17, 15) is 30.7 Å². The van der Waals surface area contributed by atoms with Crippen LogP contribution in [0.4, 0.5) is 39.5 Å². The number of unbranched alkanes of at least 4 members (excludes halogenated alkanes) is 1. The van der Waals surface area contributed by atoms with E-state index in [1.165, 1.54) is 18.2 Å². The Morgan fingerprint density at radius 2 is 1.38 bits per heavy atom. The normalized spacial score (nSPS) is 16.7. The van der Waals surface area contributed by atoms with Crippen LogP contribution < -0.4 is 9.47 Å². The Hall–Kier alpha value is -4.27. The Kier molecular flexibility index (Phi) is 10.9. The fraction of sp³-hybridized carbons (Fsp3) is 0.294. The van der Waals surface area contributed by atoms with Crippen molar-refractivity contribution >= 4 is 0 Å². The molecule has 1 saturated heterocycles. The second kappa shape index (κ2) is 14.9. The maximum Gasteiger partial charge on any atom is 0.432 e. The molecule has 0 spiro atoms. The first kappa shape index (κ1) is 35.0. The minimum Gasteiger partial charge on any atom is -0.432 e. The van der Waals surface area contributed by atoms with Crippen LogP contribution in [-0.4, -0.2) is 32.5 Å². The van der Waals surface area contributed by atoms with Gasteiger partial charge < -0.3 is 23.7 Å². The molecule has 1 fully saturated rings. The molecule has 4 aromatic rings. The maximum atomic E-state index is 15.2. The van der Waals surface area contributed by atoms with Gasteiger partial charge in [-0.15, -0.1) is 0 Å². The van der Waals surface area contributed by atoms with Crippen molar-refractivity contribution in [2.24, 2.45) is 0 Å². The minimum atomic E-state index is -4.71. The number of ether oxygens (including phenoxy) is 5. The van der Waals surface area contributed by atoms with Crippen LogP contribution in [0.2, 0.25) is 0 Å². The molecule has 0 amide bonds. The van der Waals surface area contributed by atoms with Gasteiger partial charge >= 0.3 is 12.7 Å². The maximum absolute atomic E-state index is 15.2. The summed E-state index contributed by atoms with van der Waals surface area (Å²) in [5, 5.41) is 0. The van der Waals surface area contributed by atoms with Crippen molar-refractivity contribution in [3.05, 3.63) is 107 Å². The van der Waals surface area contributed by atoms with Crippen molar-refractivity contribution < 1.29 is 63.2 Å². The van der Waals surface area contributed by atoms with Crippen molar-refractivity contribution in [2.75, 3.05) is 19.8 Å². The third-order valence-electron chi connectivity index (χ3n) is 7.27. The number of alkyl halides is 4. The predicted octanol–water partition coefficient (Wildman–Crippen LogP) is 9.68. The highest BCUT2D eigenvalue weighted by Crippen LogP contribution is 2.39. The molecule has 4 aromatic carbocycles. The van der Waals surface area contributed by atoms with Crippen LogP contribution in [0, 0.1) is 29.1 Å². The van der Waals surface area contributed by atoms with Gasteiger partial charge in [-0.1, -0.05) is 37.6 Å². The van der Waals surface area contributed by atoms with Crippen LogP contribution in [0.5, 0.6) is 11.5 Å². The molecule has 14 heteroatoms. The van der Waals surface area contributed by atoms with Crippen molar-refractivity contribution in [3.63, 3.8) is 0 Å². The van der Waals surface area contributed by atoms with E-state index in [1.54, 1.807) is 6.07 Å². The van der Waals surface area contributed by atoms with E-state index >= 15 is 8.78 Å². The van der Waals surface area contributed by atoms with Gasteiger partial charge in [0.05, 0.1) is 13.2 Å². The van der Waals surface area contributed by atoms with Crippen molar-refractivity contribution in [2.45, 2.75) is 44.9 Å². The molecule has 0 N–H and O–H groups in total. The van der Waals surface area contributed by atoms with Crippen LogP contribution in [0.3, 0.4) is 0 Å². The summed E-state index contributed by atoms with van der Waals surface area (Å²) in [7, 11) is 0. The lowest BCUT2D eigenvalue weighted by atomic mass is 9.97. The molecule has 0 saturated carbocycles. The van der Waals surface area contributed by atoms with Crippen LogP contribution >= 0.6 is 0 Å². The Balaban J connectivity index is 1.30. The first-order valence-corrected chi connectivity index (χ1v) is 14.6. The zero-order chi connectivity index (χ0) is 34.6. The van der Waals surface area contributed by atoms with Crippen LogP contribution in [0.15, 0.2) is 66.7 Å². The average Bonchev–Trinajstić information content (AvgIpc) is 3.02. The smallest absolute Gasteiger partial charge is 0.432 e. The van der Waals surface area contributed by atoms with Gasteiger partial charge in [0.15, 0.2) is 17.9 Å². The molecule has 0 unspecified atom stereocenters. The lowest BCUT2D eigenvalue weighted by Crippen LogP contribution is -2.33. The standard InChI is InChI=1S/C34H27F9O5/c1-2-3-10-44-22-16-45-32(46-17-22)19-5-8-23(26(36)12-19)18-4-7-24(25(35)11-18)20-13-28(38)31(29(39)14-20)34(42,43)48-21-6-9-30(27(37)15-21)47-33(40)41/h4-9,11-15,22,32-33H,2-3,10,16-17H2,1H3. The van der Waals surface area contributed by atoms with E-state index in [2.05, 4.69) is 9.47 Å². The molecule has 0 bridgehead atoms. The van der Waals surface area contributed by atoms with E-state index in [1.807, 2.05) is 6.92 Å². The number of hydrogen-bond donors (Lipinski definition) is 0. The predicted molar refractivity (Wildman–Crippen MR) is 154 cm³/mol. The first-order chi connectivity index (χ1) is 22.9. The zero-order valence-corrected chi connectivity index (χ0v) is 25.1. The Morgan fingerprint density at radius 1 is 0.750 bits per heavy atom. The Labute approximate surface area is 268 Å².